The number of hydrogen-bond donors (Lipinski definition) is 0. The van der Waals surface area contributed by atoms with E-state index in [9.17, 15) is 18.0 Å². The molecule has 32 heavy (non-hydrogen) atoms. The van der Waals surface area contributed by atoms with Crippen LogP contribution in [0.5, 0.6) is 11.5 Å². The van der Waals surface area contributed by atoms with Gasteiger partial charge in [-0.15, -0.1) is 0 Å². The Kier molecular flexibility index (Phi) is 5.98. The van der Waals surface area contributed by atoms with Crippen LogP contribution in [0.2, 0.25) is 0 Å². The Balaban J connectivity index is 1.65. The van der Waals surface area contributed by atoms with E-state index in [2.05, 4.69) is 9.97 Å². The Morgan fingerprint density at radius 2 is 1.91 bits per heavy atom. The maximum atomic E-state index is 13.2. The predicted octanol–water partition coefficient (Wildman–Crippen LogP) is 5.47. The van der Waals surface area contributed by atoms with Crippen molar-refractivity contribution in [3.63, 3.8) is 0 Å². The van der Waals surface area contributed by atoms with Gasteiger partial charge >= 0.3 is 12.3 Å². The highest BCUT2D eigenvalue weighted by Crippen LogP contribution is 2.39. The van der Waals surface area contributed by atoms with Gasteiger partial charge in [-0.05, 0) is 42.3 Å². The van der Waals surface area contributed by atoms with E-state index in [1.165, 1.54) is 11.0 Å². The molecule has 9 heteroatoms. The van der Waals surface area contributed by atoms with E-state index in [4.69, 9.17) is 9.47 Å². The van der Waals surface area contributed by atoms with Crippen molar-refractivity contribution in [3.8, 4) is 22.6 Å². The molecule has 0 atom stereocenters. The summed E-state index contributed by atoms with van der Waals surface area (Å²) in [5, 5.41) is 0. The monoisotopic (exact) mass is 443 g/mol. The Morgan fingerprint density at radius 1 is 1.12 bits per heavy atom. The number of amides is 1. The van der Waals surface area contributed by atoms with E-state index in [0.717, 1.165) is 17.7 Å². The molecule has 0 unspecified atom stereocenters. The molecule has 0 bridgehead atoms. The molecule has 0 saturated carbocycles. The Labute approximate surface area is 182 Å². The van der Waals surface area contributed by atoms with Crippen LogP contribution in [0.15, 0.2) is 54.9 Å². The van der Waals surface area contributed by atoms with Crippen molar-refractivity contribution in [1.82, 2.24) is 14.9 Å². The lowest BCUT2D eigenvalue weighted by molar-refractivity contribution is -0.137. The number of hydrogen-bond acceptors (Lipinski definition) is 5. The van der Waals surface area contributed by atoms with E-state index in [1.54, 1.807) is 36.7 Å². The van der Waals surface area contributed by atoms with Gasteiger partial charge in [0, 0.05) is 23.5 Å². The van der Waals surface area contributed by atoms with Crippen molar-refractivity contribution in [3.05, 3.63) is 71.8 Å². The van der Waals surface area contributed by atoms with Crippen LogP contribution in [0, 0.1) is 0 Å². The molecular weight excluding hydrogens is 423 g/mol. The molecule has 166 valence electrons. The predicted molar refractivity (Wildman–Crippen MR) is 110 cm³/mol. The third-order valence-electron chi connectivity index (χ3n) is 4.91. The molecule has 1 aliphatic rings. The van der Waals surface area contributed by atoms with Crippen LogP contribution in [0.1, 0.15) is 30.3 Å². The van der Waals surface area contributed by atoms with Gasteiger partial charge in [-0.3, -0.25) is 4.90 Å². The van der Waals surface area contributed by atoms with Crippen LogP contribution in [0.3, 0.4) is 0 Å². The van der Waals surface area contributed by atoms with E-state index in [0.29, 0.717) is 35.7 Å². The van der Waals surface area contributed by atoms with Gasteiger partial charge in [0.05, 0.1) is 25.3 Å². The standard InChI is InChI=1S/C23H20F3N3O3/c1-2-10-31-20-12-17(23(24,25)26)5-6-18(20)15-4-7-19-16(11-15)13-29(22(30)32-19)14-21-27-8-3-9-28-21/h3-9,11-12H,2,10,13-14H2,1H3. The molecule has 0 N–H and O–H groups in total. The van der Waals surface area contributed by atoms with Gasteiger partial charge in [-0.25, -0.2) is 14.8 Å². The molecular formula is C23H20F3N3O3. The molecule has 0 saturated heterocycles. The van der Waals surface area contributed by atoms with Gasteiger partial charge in [-0.1, -0.05) is 19.1 Å². The van der Waals surface area contributed by atoms with Crippen molar-refractivity contribution in [2.45, 2.75) is 32.6 Å². The Bertz CT molecular complexity index is 1120. The van der Waals surface area contributed by atoms with E-state index >= 15 is 0 Å². The number of carbonyl (C=O) groups excluding carboxylic acids is 1. The number of alkyl halides is 3. The molecule has 4 rings (SSSR count). The highest BCUT2D eigenvalue weighted by atomic mass is 19.4. The van der Waals surface area contributed by atoms with E-state index in [-0.39, 0.29) is 18.8 Å². The highest BCUT2D eigenvalue weighted by Gasteiger charge is 2.32. The molecule has 6 nitrogen and oxygen atoms in total. The first-order chi connectivity index (χ1) is 15.3. The molecule has 2 aromatic carbocycles. The smallest absolute Gasteiger partial charge is 0.416 e. The third kappa shape index (κ3) is 4.66. The number of carbonyl (C=O) groups is 1. The van der Waals surface area contributed by atoms with Crippen molar-refractivity contribution in [2.75, 3.05) is 6.61 Å². The lowest BCUT2D eigenvalue weighted by Gasteiger charge is -2.28. The van der Waals surface area contributed by atoms with Crippen molar-refractivity contribution < 1.29 is 27.4 Å². The third-order valence-corrected chi connectivity index (χ3v) is 4.91. The highest BCUT2D eigenvalue weighted by molar-refractivity contribution is 5.77. The lowest BCUT2D eigenvalue weighted by atomic mass is 9.99. The van der Waals surface area contributed by atoms with Gasteiger partial charge < -0.3 is 9.47 Å². The van der Waals surface area contributed by atoms with Gasteiger partial charge in [0.25, 0.3) is 0 Å². The van der Waals surface area contributed by atoms with Crippen LogP contribution in [-0.4, -0.2) is 27.6 Å². The number of rotatable bonds is 6. The molecule has 1 aromatic heterocycles. The first-order valence-electron chi connectivity index (χ1n) is 10.0. The molecule has 0 radical (unpaired) electrons. The zero-order chi connectivity index (χ0) is 22.7. The van der Waals surface area contributed by atoms with Crippen molar-refractivity contribution in [2.24, 2.45) is 0 Å². The molecule has 0 aliphatic carbocycles. The van der Waals surface area contributed by atoms with Crippen LogP contribution in [-0.2, 0) is 19.3 Å². The fraction of sp³-hybridized carbons (Fsp3) is 0.261. The second-order valence-corrected chi connectivity index (χ2v) is 7.27. The first kappa shape index (κ1) is 21.6. The maximum Gasteiger partial charge on any atom is 0.416 e. The van der Waals surface area contributed by atoms with Crippen LogP contribution in [0.4, 0.5) is 18.0 Å². The van der Waals surface area contributed by atoms with Gasteiger partial charge in [0.1, 0.15) is 17.3 Å². The molecule has 3 aromatic rings. The summed E-state index contributed by atoms with van der Waals surface area (Å²) in [5.41, 5.74) is 1.15. The van der Waals surface area contributed by atoms with E-state index in [1.807, 2.05) is 6.92 Å². The minimum atomic E-state index is -4.47. The number of fused-ring (bicyclic) bond motifs is 1. The first-order valence-corrected chi connectivity index (χ1v) is 10.0. The fourth-order valence-corrected chi connectivity index (χ4v) is 3.37. The summed E-state index contributed by atoms with van der Waals surface area (Å²) in [4.78, 5) is 22.1. The summed E-state index contributed by atoms with van der Waals surface area (Å²) in [5.74, 6) is 1.04. The lowest BCUT2D eigenvalue weighted by Crippen LogP contribution is -2.36. The normalized spacial score (nSPS) is 13.5. The van der Waals surface area contributed by atoms with Crippen LogP contribution >= 0.6 is 0 Å². The summed E-state index contributed by atoms with van der Waals surface area (Å²) in [7, 11) is 0. The van der Waals surface area contributed by atoms with Crippen molar-refractivity contribution in [1.29, 1.82) is 0 Å². The number of benzene rings is 2. The Hall–Kier alpha value is -3.62. The largest absolute Gasteiger partial charge is 0.493 e. The fourth-order valence-electron chi connectivity index (χ4n) is 3.37. The molecule has 2 heterocycles. The van der Waals surface area contributed by atoms with E-state index < -0.39 is 17.8 Å². The minimum Gasteiger partial charge on any atom is -0.493 e. The summed E-state index contributed by atoms with van der Waals surface area (Å²) in [6.45, 7) is 2.60. The second kappa shape index (κ2) is 8.86. The van der Waals surface area contributed by atoms with Gasteiger partial charge in [0.2, 0.25) is 0 Å². The Morgan fingerprint density at radius 3 is 2.62 bits per heavy atom. The second-order valence-electron chi connectivity index (χ2n) is 7.27. The molecule has 1 aliphatic heterocycles. The topological polar surface area (TPSA) is 64.5 Å². The average Bonchev–Trinajstić information content (AvgIpc) is 2.78. The molecule has 1 amide bonds. The summed E-state index contributed by atoms with van der Waals surface area (Å²) < 4.78 is 50.6. The molecule has 0 fully saturated rings. The average molecular weight is 443 g/mol. The quantitative estimate of drug-likeness (QED) is 0.506. The van der Waals surface area contributed by atoms with Crippen LogP contribution in [0.25, 0.3) is 11.1 Å². The van der Waals surface area contributed by atoms with Gasteiger partial charge in [0.15, 0.2) is 0 Å². The molecule has 0 spiro atoms. The number of halogens is 3. The number of nitrogens with zero attached hydrogens (tertiary/aromatic N) is 3. The van der Waals surface area contributed by atoms with Crippen molar-refractivity contribution >= 4 is 6.09 Å². The summed E-state index contributed by atoms with van der Waals surface area (Å²) >= 11 is 0. The maximum absolute atomic E-state index is 13.2. The SMILES string of the molecule is CCCOc1cc(C(F)(F)F)ccc1-c1ccc2c(c1)CN(Cc1ncccn1)C(=O)O2. The van der Waals surface area contributed by atoms with Gasteiger partial charge in [-0.2, -0.15) is 13.2 Å². The minimum absolute atomic E-state index is 0.156. The zero-order valence-corrected chi connectivity index (χ0v) is 17.2. The number of aromatic nitrogens is 2. The summed E-state index contributed by atoms with van der Waals surface area (Å²) in [6, 6.07) is 10.3. The zero-order valence-electron chi connectivity index (χ0n) is 17.2. The van der Waals surface area contributed by atoms with Crippen LogP contribution < -0.4 is 9.47 Å². The summed E-state index contributed by atoms with van der Waals surface area (Å²) in [6.07, 6.45) is -1.14. The number of ether oxygens (including phenoxy) is 2.